The van der Waals surface area contributed by atoms with E-state index in [0.717, 1.165) is 52.7 Å². The van der Waals surface area contributed by atoms with Crippen molar-refractivity contribution < 1.29 is 14.3 Å². The minimum Gasteiger partial charge on any atom is -0.497 e. The fourth-order valence-electron chi connectivity index (χ4n) is 4.26. The molecule has 164 valence electrons. The van der Waals surface area contributed by atoms with E-state index in [4.69, 9.17) is 4.74 Å². The van der Waals surface area contributed by atoms with Crippen LogP contribution in [0.1, 0.15) is 23.2 Å². The van der Waals surface area contributed by atoms with Gasteiger partial charge >= 0.3 is 0 Å². The molecule has 2 aromatic rings. The summed E-state index contributed by atoms with van der Waals surface area (Å²) in [5.74, 6) is 0.740. The lowest BCUT2D eigenvalue weighted by molar-refractivity contribution is -0.112. The number of nitrogens with zero attached hydrogens (tertiary/aromatic N) is 2. The van der Waals surface area contributed by atoms with Crippen molar-refractivity contribution >= 4 is 35.0 Å². The molecule has 0 aromatic heterocycles. The SMILES string of the molecule is COc1ccc(N2CCN(C(=O)c3ccc4c(c3)NC(=O)C3=CCCC=C3S4)CC2)cc1. The van der Waals surface area contributed by atoms with Crippen molar-refractivity contribution in [2.75, 3.05) is 43.5 Å². The number of nitrogens with one attached hydrogen (secondary N) is 1. The van der Waals surface area contributed by atoms with E-state index >= 15 is 0 Å². The molecule has 2 heterocycles. The second kappa shape index (κ2) is 8.74. The Morgan fingerprint density at radius 1 is 1.00 bits per heavy atom. The number of hydrogen-bond acceptors (Lipinski definition) is 5. The van der Waals surface area contributed by atoms with Crippen LogP contribution in [0.3, 0.4) is 0 Å². The normalized spacial score (nSPS) is 18.0. The van der Waals surface area contributed by atoms with E-state index in [9.17, 15) is 9.59 Å². The minimum atomic E-state index is -0.0973. The van der Waals surface area contributed by atoms with Gasteiger partial charge in [-0.3, -0.25) is 9.59 Å². The van der Waals surface area contributed by atoms with Crippen LogP contribution in [0.5, 0.6) is 5.75 Å². The largest absolute Gasteiger partial charge is 0.497 e. The van der Waals surface area contributed by atoms with Gasteiger partial charge in [0.05, 0.1) is 12.8 Å². The van der Waals surface area contributed by atoms with Crippen molar-refractivity contribution in [2.24, 2.45) is 0 Å². The number of anilines is 2. The Kier molecular flexibility index (Phi) is 5.66. The van der Waals surface area contributed by atoms with E-state index in [1.165, 1.54) is 0 Å². The number of amides is 2. The third-order valence-corrected chi connectivity index (χ3v) is 7.24. The number of piperazine rings is 1. The Balaban J connectivity index is 1.28. The van der Waals surface area contributed by atoms with Gasteiger partial charge < -0.3 is 19.9 Å². The van der Waals surface area contributed by atoms with Crippen LogP contribution >= 0.6 is 11.8 Å². The van der Waals surface area contributed by atoms with Gasteiger partial charge in [0, 0.05) is 52.8 Å². The first-order valence-electron chi connectivity index (χ1n) is 10.8. The van der Waals surface area contributed by atoms with E-state index in [2.05, 4.69) is 16.3 Å². The molecule has 0 radical (unpaired) electrons. The van der Waals surface area contributed by atoms with Crippen molar-refractivity contribution in [3.63, 3.8) is 0 Å². The van der Waals surface area contributed by atoms with Gasteiger partial charge in [-0.05, 0) is 55.3 Å². The van der Waals surface area contributed by atoms with Gasteiger partial charge in [0.15, 0.2) is 0 Å². The van der Waals surface area contributed by atoms with Crippen molar-refractivity contribution in [3.8, 4) is 5.75 Å². The molecule has 1 N–H and O–H groups in total. The molecule has 6 nitrogen and oxygen atoms in total. The van der Waals surface area contributed by atoms with E-state index in [1.807, 2.05) is 53.4 Å². The number of fused-ring (bicyclic) bond motifs is 2. The number of rotatable bonds is 3. The Morgan fingerprint density at radius 2 is 1.75 bits per heavy atom. The summed E-state index contributed by atoms with van der Waals surface area (Å²) in [7, 11) is 1.66. The number of ether oxygens (including phenoxy) is 1. The molecule has 0 atom stereocenters. The summed E-state index contributed by atoms with van der Waals surface area (Å²) >= 11 is 1.59. The first-order chi connectivity index (χ1) is 15.6. The van der Waals surface area contributed by atoms with Crippen LogP contribution in [-0.2, 0) is 4.79 Å². The average molecular weight is 448 g/mol. The summed E-state index contributed by atoms with van der Waals surface area (Å²) in [6.07, 6.45) is 5.96. The van der Waals surface area contributed by atoms with Crippen LogP contribution in [0, 0.1) is 0 Å². The van der Waals surface area contributed by atoms with Crippen molar-refractivity contribution in [3.05, 3.63) is 70.7 Å². The van der Waals surface area contributed by atoms with Crippen LogP contribution < -0.4 is 15.0 Å². The monoisotopic (exact) mass is 447 g/mol. The number of thioether (sulfide) groups is 1. The molecule has 1 fully saturated rings. The van der Waals surface area contributed by atoms with Gasteiger partial charge in [-0.2, -0.15) is 0 Å². The maximum absolute atomic E-state index is 13.2. The fraction of sp³-hybridized carbons (Fsp3) is 0.280. The fourth-order valence-corrected chi connectivity index (χ4v) is 5.34. The average Bonchev–Trinajstić information content (AvgIpc) is 2.99. The van der Waals surface area contributed by atoms with Crippen molar-refractivity contribution in [2.45, 2.75) is 17.7 Å². The topological polar surface area (TPSA) is 61.9 Å². The summed E-state index contributed by atoms with van der Waals surface area (Å²) in [6.45, 7) is 2.86. The summed E-state index contributed by atoms with van der Waals surface area (Å²) < 4.78 is 5.23. The van der Waals surface area contributed by atoms with Crippen molar-refractivity contribution in [1.82, 2.24) is 4.90 Å². The van der Waals surface area contributed by atoms with E-state index in [0.29, 0.717) is 24.3 Å². The molecule has 2 aliphatic heterocycles. The first-order valence-corrected chi connectivity index (χ1v) is 11.7. The van der Waals surface area contributed by atoms with Gasteiger partial charge in [0.25, 0.3) is 11.8 Å². The Morgan fingerprint density at radius 3 is 2.50 bits per heavy atom. The van der Waals surface area contributed by atoms with Crippen LogP contribution in [0.15, 0.2) is 70.0 Å². The van der Waals surface area contributed by atoms with E-state index in [1.54, 1.807) is 18.9 Å². The van der Waals surface area contributed by atoms with Gasteiger partial charge in [-0.1, -0.05) is 23.9 Å². The lowest BCUT2D eigenvalue weighted by atomic mass is 10.1. The molecule has 0 spiro atoms. The standard InChI is InChI=1S/C25H25N3O3S/c1-31-19-9-7-18(8-10-19)27-12-14-28(15-13-27)25(30)17-6-11-23-21(16-17)26-24(29)20-4-2-3-5-22(20)32-23/h4-11,16H,2-3,12-15H2,1H3,(H,26,29). The van der Waals surface area contributed by atoms with Crippen molar-refractivity contribution in [1.29, 1.82) is 0 Å². The second-order valence-corrected chi connectivity index (χ2v) is 9.09. The lowest BCUT2D eigenvalue weighted by Crippen LogP contribution is -2.48. The zero-order valence-corrected chi connectivity index (χ0v) is 18.8. The molecular formula is C25H25N3O3S. The second-order valence-electron chi connectivity index (χ2n) is 8.01. The molecule has 0 saturated carbocycles. The number of methoxy groups -OCH3 is 1. The van der Waals surface area contributed by atoms with Gasteiger partial charge in [0.1, 0.15) is 5.75 Å². The van der Waals surface area contributed by atoms with Crippen LogP contribution in [0.2, 0.25) is 0 Å². The highest BCUT2D eigenvalue weighted by atomic mass is 32.2. The number of carbonyl (C=O) groups excluding carboxylic acids is 2. The molecule has 2 aromatic carbocycles. The van der Waals surface area contributed by atoms with Crippen LogP contribution in [-0.4, -0.2) is 50.0 Å². The molecular weight excluding hydrogens is 422 g/mol. The molecule has 7 heteroatoms. The third-order valence-electron chi connectivity index (χ3n) is 6.05. The highest BCUT2D eigenvalue weighted by Gasteiger charge is 2.26. The zero-order valence-electron chi connectivity index (χ0n) is 18.0. The summed E-state index contributed by atoms with van der Waals surface area (Å²) in [5, 5.41) is 3.00. The molecule has 2 amide bonds. The maximum Gasteiger partial charge on any atom is 0.256 e. The summed E-state index contributed by atoms with van der Waals surface area (Å²) in [4.78, 5) is 32.0. The van der Waals surface area contributed by atoms with Crippen LogP contribution in [0.25, 0.3) is 0 Å². The molecule has 3 aliphatic rings. The number of carbonyl (C=O) groups is 2. The number of allylic oxidation sites excluding steroid dienone is 2. The summed E-state index contributed by atoms with van der Waals surface area (Å²) in [6, 6.07) is 13.6. The molecule has 1 aliphatic carbocycles. The molecule has 0 unspecified atom stereocenters. The zero-order chi connectivity index (χ0) is 22.1. The number of benzene rings is 2. The van der Waals surface area contributed by atoms with Gasteiger partial charge in [-0.15, -0.1) is 0 Å². The summed E-state index contributed by atoms with van der Waals surface area (Å²) in [5.41, 5.74) is 3.18. The van der Waals surface area contributed by atoms with Crippen LogP contribution in [0.4, 0.5) is 11.4 Å². The van der Waals surface area contributed by atoms with Gasteiger partial charge in [-0.25, -0.2) is 0 Å². The molecule has 1 saturated heterocycles. The molecule has 5 rings (SSSR count). The molecule has 0 bridgehead atoms. The van der Waals surface area contributed by atoms with Gasteiger partial charge in [0.2, 0.25) is 0 Å². The Hall–Kier alpha value is -3.19. The first kappa shape index (κ1) is 20.7. The number of hydrogen-bond donors (Lipinski definition) is 1. The molecule has 32 heavy (non-hydrogen) atoms. The Bertz CT molecular complexity index is 1120. The van der Waals surface area contributed by atoms with E-state index in [-0.39, 0.29) is 11.8 Å². The highest BCUT2D eigenvalue weighted by Crippen LogP contribution is 2.42. The predicted molar refractivity (Wildman–Crippen MR) is 127 cm³/mol. The minimum absolute atomic E-state index is 0.00141. The smallest absolute Gasteiger partial charge is 0.256 e. The quantitative estimate of drug-likeness (QED) is 0.760. The maximum atomic E-state index is 13.2. The highest BCUT2D eigenvalue weighted by molar-refractivity contribution is 8.03. The third kappa shape index (κ3) is 4.00. The Labute approximate surface area is 191 Å². The predicted octanol–water partition coefficient (Wildman–Crippen LogP) is 4.31. The lowest BCUT2D eigenvalue weighted by Gasteiger charge is -2.36. The van der Waals surface area contributed by atoms with E-state index < -0.39 is 0 Å².